The van der Waals surface area contributed by atoms with Gasteiger partial charge in [0.15, 0.2) is 11.3 Å². The highest BCUT2D eigenvalue weighted by molar-refractivity contribution is 7.92. The molecule has 0 unspecified atom stereocenters. The van der Waals surface area contributed by atoms with Gasteiger partial charge in [0, 0.05) is 5.39 Å². The van der Waals surface area contributed by atoms with Crippen LogP contribution in [-0.4, -0.2) is 16.8 Å². The Kier molecular flexibility index (Phi) is 5.64. The van der Waals surface area contributed by atoms with Gasteiger partial charge in [-0.3, -0.25) is 4.72 Å². The molecule has 1 N–H and O–H groups in total. The fraction of sp³-hybridized carbons (Fsp3) is 0. The monoisotopic (exact) mass is 493 g/mol. The molecule has 0 aliphatic heterocycles. The Labute approximate surface area is 186 Å². The number of sulfonamides is 1. The molecule has 0 amide bonds. The van der Waals surface area contributed by atoms with Crippen molar-refractivity contribution in [3.05, 3.63) is 94.9 Å². The molecular formula is C21H13F2NO7S2. The smallest absolute Gasteiger partial charge is 0.360 e. The number of anilines is 1. The summed E-state index contributed by atoms with van der Waals surface area (Å²) in [6, 6.07) is 13.4. The first-order chi connectivity index (χ1) is 15.5. The highest BCUT2D eigenvalue weighted by Gasteiger charge is 2.22. The molecular weight excluding hydrogens is 480 g/mol. The zero-order chi connectivity index (χ0) is 23.8. The van der Waals surface area contributed by atoms with Crippen LogP contribution >= 0.6 is 0 Å². The molecule has 8 nitrogen and oxygen atoms in total. The van der Waals surface area contributed by atoms with Gasteiger partial charge in [0.2, 0.25) is 0 Å². The lowest BCUT2D eigenvalue weighted by atomic mass is 10.2. The van der Waals surface area contributed by atoms with Crippen LogP contribution in [0.1, 0.15) is 0 Å². The molecule has 4 aromatic rings. The van der Waals surface area contributed by atoms with Gasteiger partial charge in [-0.25, -0.2) is 22.0 Å². The maximum atomic E-state index is 13.4. The zero-order valence-electron chi connectivity index (χ0n) is 16.4. The summed E-state index contributed by atoms with van der Waals surface area (Å²) in [6.45, 7) is 0. The maximum Gasteiger partial charge on any atom is 0.360 e. The molecule has 0 fully saturated rings. The molecule has 4 rings (SSSR count). The highest BCUT2D eigenvalue weighted by Crippen LogP contribution is 2.29. The molecule has 0 bridgehead atoms. The van der Waals surface area contributed by atoms with Crippen LogP contribution in [0.15, 0.2) is 91.8 Å². The van der Waals surface area contributed by atoms with E-state index in [0.29, 0.717) is 0 Å². The van der Waals surface area contributed by atoms with Gasteiger partial charge in [-0.05, 0) is 48.5 Å². The van der Waals surface area contributed by atoms with Gasteiger partial charge < -0.3 is 8.60 Å². The Morgan fingerprint density at radius 1 is 0.788 bits per heavy atom. The molecule has 3 aromatic carbocycles. The van der Waals surface area contributed by atoms with Gasteiger partial charge in [0.25, 0.3) is 10.0 Å². The number of para-hydroxylation sites is 1. The fourth-order valence-electron chi connectivity index (χ4n) is 2.88. The molecule has 0 saturated carbocycles. The molecule has 0 atom stereocenters. The second-order valence-corrected chi connectivity index (χ2v) is 9.91. The summed E-state index contributed by atoms with van der Waals surface area (Å²) >= 11 is 0. The molecule has 1 heterocycles. The summed E-state index contributed by atoms with van der Waals surface area (Å²) in [5.74, 6) is -1.95. The van der Waals surface area contributed by atoms with Crippen LogP contribution in [0.3, 0.4) is 0 Å². The van der Waals surface area contributed by atoms with E-state index in [1.807, 2.05) is 4.72 Å². The second kappa shape index (κ2) is 8.30. The van der Waals surface area contributed by atoms with E-state index in [1.54, 1.807) is 0 Å². The first-order valence-electron chi connectivity index (χ1n) is 9.10. The Balaban J connectivity index is 1.72. The quantitative estimate of drug-likeness (QED) is 0.322. The predicted molar refractivity (Wildman–Crippen MR) is 114 cm³/mol. The normalized spacial score (nSPS) is 11.9. The van der Waals surface area contributed by atoms with Crippen molar-refractivity contribution in [2.75, 3.05) is 4.72 Å². The van der Waals surface area contributed by atoms with E-state index in [4.69, 9.17) is 8.60 Å². The van der Waals surface area contributed by atoms with E-state index in [1.165, 1.54) is 30.3 Å². The lowest BCUT2D eigenvalue weighted by Crippen LogP contribution is -2.18. The van der Waals surface area contributed by atoms with E-state index in [-0.39, 0.29) is 16.7 Å². The Morgan fingerprint density at radius 3 is 2.06 bits per heavy atom. The first kappa shape index (κ1) is 22.4. The largest absolute Gasteiger partial charge is 0.417 e. The van der Waals surface area contributed by atoms with Crippen molar-refractivity contribution in [1.29, 1.82) is 0 Å². The van der Waals surface area contributed by atoms with E-state index >= 15 is 0 Å². The van der Waals surface area contributed by atoms with E-state index in [9.17, 15) is 30.4 Å². The molecule has 0 aliphatic carbocycles. The molecule has 12 heteroatoms. The van der Waals surface area contributed by atoms with Gasteiger partial charge >= 0.3 is 15.7 Å². The third-order valence-electron chi connectivity index (χ3n) is 4.36. The summed E-state index contributed by atoms with van der Waals surface area (Å²) in [5, 5.41) is 0.124. The van der Waals surface area contributed by atoms with E-state index < -0.39 is 52.9 Å². The summed E-state index contributed by atoms with van der Waals surface area (Å²) in [6.07, 6.45) is 0. The van der Waals surface area contributed by atoms with Crippen LogP contribution in [0.5, 0.6) is 5.75 Å². The van der Waals surface area contributed by atoms with Gasteiger partial charge in [0.1, 0.15) is 22.2 Å². The highest BCUT2D eigenvalue weighted by atomic mass is 32.2. The number of rotatable bonds is 6. The maximum absolute atomic E-state index is 13.4. The van der Waals surface area contributed by atoms with Crippen molar-refractivity contribution in [2.24, 2.45) is 0 Å². The predicted octanol–water partition coefficient (Wildman–Crippen LogP) is 3.64. The van der Waals surface area contributed by atoms with Gasteiger partial charge in [-0.15, -0.1) is 0 Å². The van der Waals surface area contributed by atoms with Crippen LogP contribution in [0, 0.1) is 11.6 Å². The average molecular weight is 493 g/mol. The van der Waals surface area contributed by atoms with E-state index in [2.05, 4.69) is 0 Å². The standard InChI is InChI=1S/C21H13F2NO7S2/c22-14-5-2-7-16(11-14)32(26,27)24-18-10-13-4-1-9-19(20(13)30-21(18)25)31-33(28,29)17-8-3-6-15(23)12-17/h1-12,24H. The molecule has 33 heavy (non-hydrogen) atoms. The van der Waals surface area contributed by atoms with Crippen LogP contribution in [0.2, 0.25) is 0 Å². The zero-order valence-corrected chi connectivity index (χ0v) is 18.0. The minimum Gasteiger partial charge on any atom is -0.417 e. The topological polar surface area (TPSA) is 120 Å². The summed E-state index contributed by atoms with van der Waals surface area (Å²) < 4.78 is 88.9. The lowest BCUT2D eigenvalue weighted by Gasteiger charge is -2.10. The third kappa shape index (κ3) is 4.71. The SMILES string of the molecule is O=c1oc2c(OS(=O)(=O)c3cccc(F)c3)cccc2cc1NS(=O)(=O)c1cccc(F)c1. The fourth-order valence-corrected chi connectivity index (χ4v) is 4.92. The third-order valence-corrected chi connectivity index (χ3v) is 6.95. The number of nitrogens with one attached hydrogen (secondary N) is 1. The Hall–Kier alpha value is -3.77. The van der Waals surface area contributed by atoms with Crippen molar-refractivity contribution < 1.29 is 34.2 Å². The summed E-state index contributed by atoms with van der Waals surface area (Å²) in [7, 11) is -8.79. The number of benzene rings is 3. The number of hydrogen-bond donors (Lipinski definition) is 1. The number of hydrogen-bond acceptors (Lipinski definition) is 7. The molecule has 0 aliphatic rings. The van der Waals surface area contributed by atoms with Crippen molar-refractivity contribution >= 4 is 36.8 Å². The Bertz CT molecular complexity index is 1650. The minimum atomic E-state index is -4.47. The van der Waals surface area contributed by atoms with Crippen molar-refractivity contribution in [1.82, 2.24) is 0 Å². The molecule has 0 spiro atoms. The lowest BCUT2D eigenvalue weighted by molar-refractivity contribution is 0.474. The second-order valence-electron chi connectivity index (χ2n) is 6.68. The summed E-state index contributed by atoms with van der Waals surface area (Å²) in [5.41, 5.74) is -1.92. The van der Waals surface area contributed by atoms with Crippen LogP contribution in [0.25, 0.3) is 11.0 Å². The van der Waals surface area contributed by atoms with E-state index in [0.717, 1.165) is 42.5 Å². The van der Waals surface area contributed by atoms with Crippen LogP contribution in [-0.2, 0) is 20.1 Å². The number of fused-ring (bicyclic) bond motifs is 1. The Morgan fingerprint density at radius 2 is 1.39 bits per heavy atom. The van der Waals surface area contributed by atoms with Gasteiger partial charge in [-0.2, -0.15) is 8.42 Å². The molecule has 170 valence electrons. The van der Waals surface area contributed by atoms with Crippen molar-refractivity contribution in [3.63, 3.8) is 0 Å². The van der Waals surface area contributed by atoms with Gasteiger partial charge in [-0.1, -0.05) is 24.3 Å². The molecule has 0 saturated heterocycles. The molecule has 0 radical (unpaired) electrons. The number of halogens is 2. The minimum absolute atomic E-state index is 0.124. The van der Waals surface area contributed by atoms with Crippen LogP contribution in [0.4, 0.5) is 14.5 Å². The van der Waals surface area contributed by atoms with Crippen molar-refractivity contribution in [3.8, 4) is 5.75 Å². The average Bonchev–Trinajstić information content (AvgIpc) is 2.74. The van der Waals surface area contributed by atoms with Gasteiger partial charge in [0.05, 0.1) is 4.90 Å². The molecule has 1 aromatic heterocycles. The van der Waals surface area contributed by atoms with Crippen molar-refractivity contribution in [2.45, 2.75) is 9.79 Å². The van der Waals surface area contributed by atoms with Crippen LogP contribution < -0.4 is 14.5 Å². The summed E-state index contributed by atoms with van der Waals surface area (Å²) in [4.78, 5) is 11.5. The first-order valence-corrected chi connectivity index (χ1v) is 12.0.